The minimum Gasteiger partial charge on any atom is -0.497 e. The number of aromatic nitrogens is 1. The van der Waals surface area contributed by atoms with Gasteiger partial charge in [-0.15, -0.1) is 0 Å². The van der Waals surface area contributed by atoms with E-state index in [1.807, 2.05) is 47.0 Å². The Morgan fingerprint density at radius 3 is 2.46 bits per heavy atom. The van der Waals surface area contributed by atoms with E-state index in [0.717, 1.165) is 43.8 Å². The van der Waals surface area contributed by atoms with Crippen LogP contribution < -0.4 is 4.74 Å². The summed E-state index contributed by atoms with van der Waals surface area (Å²) < 4.78 is 7.10. The molecule has 3 rings (SSSR count). The first-order chi connectivity index (χ1) is 11.7. The number of benzene rings is 1. The van der Waals surface area contributed by atoms with Crippen molar-refractivity contribution in [2.75, 3.05) is 20.2 Å². The van der Waals surface area contributed by atoms with E-state index < -0.39 is 0 Å². The van der Waals surface area contributed by atoms with E-state index in [2.05, 4.69) is 12.1 Å². The summed E-state index contributed by atoms with van der Waals surface area (Å²) in [4.78, 5) is 14.5. The first-order valence-electron chi connectivity index (χ1n) is 8.71. The summed E-state index contributed by atoms with van der Waals surface area (Å²) in [5, 5.41) is 0. The second kappa shape index (κ2) is 7.56. The van der Waals surface area contributed by atoms with Gasteiger partial charge < -0.3 is 14.2 Å². The van der Waals surface area contributed by atoms with E-state index in [9.17, 15) is 4.79 Å². The van der Waals surface area contributed by atoms with E-state index in [1.165, 1.54) is 12.0 Å². The fourth-order valence-electron chi connectivity index (χ4n) is 3.43. The van der Waals surface area contributed by atoms with Crippen LogP contribution in [0.2, 0.25) is 0 Å². The second-order valence-electron chi connectivity index (χ2n) is 6.63. The van der Waals surface area contributed by atoms with Gasteiger partial charge in [0.05, 0.1) is 7.11 Å². The van der Waals surface area contributed by atoms with Crippen LogP contribution in [-0.2, 0) is 13.5 Å². The summed E-state index contributed by atoms with van der Waals surface area (Å²) in [6.45, 7) is 1.74. The van der Waals surface area contributed by atoms with Gasteiger partial charge in [-0.1, -0.05) is 12.1 Å². The molecule has 0 aliphatic carbocycles. The number of hydrogen-bond acceptors (Lipinski definition) is 2. The zero-order chi connectivity index (χ0) is 16.9. The lowest BCUT2D eigenvalue weighted by molar-refractivity contribution is 0.0677. The van der Waals surface area contributed by atoms with Crippen molar-refractivity contribution in [2.24, 2.45) is 13.0 Å². The summed E-state index contributed by atoms with van der Waals surface area (Å²) in [6, 6.07) is 12.2. The molecule has 0 radical (unpaired) electrons. The van der Waals surface area contributed by atoms with Gasteiger partial charge in [-0.05, 0) is 61.4 Å². The minimum absolute atomic E-state index is 0.163. The first kappa shape index (κ1) is 16.6. The Kier molecular flexibility index (Phi) is 5.24. The molecule has 4 heteroatoms. The highest BCUT2D eigenvalue weighted by Gasteiger charge is 2.24. The number of rotatable bonds is 5. The summed E-state index contributed by atoms with van der Waals surface area (Å²) in [7, 11) is 3.62. The van der Waals surface area contributed by atoms with Crippen LogP contribution in [0.4, 0.5) is 0 Å². The topological polar surface area (TPSA) is 34.5 Å². The third-order valence-electron chi connectivity index (χ3n) is 5.06. The number of ether oxygens (including phenoxy) is 1. The molecule has 1 fully saturated rings. The quantitative estimate of drug-likeness (QED) is 0.842. The molecule has 2 aromatic rings. The van der Waals surface area contributed by atoms with Gasteiger partial charge in [0.1, 0.15) is 11.4 Å². The highest BCUT2D eigenvalue weighted by molar-refractivity contribution is 5.92. The summed E-state index contributed by atoms with van der Waals surface area (Å²) in [5.41, 5.74) is 2.14. The van der Waals surface area contributed by atoms with E-state index in [0.29, 0.717) is 5.92 Å². The smallest absolute Gasteiger partial charge is 0.270 e. The van der Waals surface area contributed by atoms with Gasteiger partial charge in [-0.3, -0.25) is 4.79 Å². The third kappa shape index (κ3) is 3.81. The number of aryl methyl sites for hydroxylation is 2. The van der Waals surface area contributed by atoms with Crippen LogP contribution in [0.15, 0.2) is 42.6 Å². The molecule has 0 N–H and O–H groups in total. The maximum atomic E-state index is 12.5. The molecule has 24 heavy (non-hydrogen) atoms. The van der Waals surface area contributed by atoms with Gasteiger partial charge in [-0.2, -0.15) is 0 Å². The summed E-state index contributed by atoms with van der Waals surface area (Å²) in [6.07, 6.45) is 6.42. The number of carbonyl (C=O) groups is 1. The van der Waals surface area contributed by atoms with Crippen molar-refractivity contribution < 1.29 is 9.53 Å². The molecule has 1 aliphatic rings. The van der Waals surface area contributed by atoms with Gasteiger partial charge in [0.2, 0.25) is 0 Å². The molecule has 1 aliphatic heterocycles. The Bertz CT molecular complexity index is 667. The van der Waals surface area contributed by atoms with Crippen LogP contribution >= 0.6 is 0 Å². The molecule has 128 valence electrons. The molecule has 0 bridgehead atoms. The lowest BCUT2D eigenvalue weighted by atomic mass is 9.90. The number of carbonyl (C=O) groups excluding carboxylic acids is 1. The largest absolute Gasteiger partial charge is 0.497 e. The summed E-state index contributed by atoms with van der Waals surface area (Å²) >= 11 is 0. The maximum absolute atomic E-state index is 12.5. The monoisotopic (exact) mass is 326 g/mol. The first-order valence-corrected chi connectivity index (χ1v) is 8.71. The Hall–Kier alpha value is -2.23. The predicted octanol–water partition coefficient (Wildman–Crippen LogP) is 3.52. The number of amides is 1. The molecule has 1 aromatic carbocycles. The lowest BCUT2D eigenvalue weighted by Gasteiger charge is -2.32. The van der Waals surface area contributed by atoms with Crippen LogP contribution in [0, 0.1) is 5.92 Å². The van der Waals surface area contributed by atoms with E-state index in [4.69, 9.17) is 4.74 Å². The molecule has 4 nitrogen and oxygen atoms in total. The van der Waals surface area contributed by atoms with Gasteiger partial charge in [0.25, 0.3) is 5.91 Å². The average molecular weight is 326 g/mol. The number of methoxy groups -OCH3 is 1. The molecular formula is C20H26N2O2. The molecule has 0 spiro atoms. The van der Waals surface area contributed by atoms with Crippen LogP contribution in [0.3, 0.4) is 0 Å². The number of piperidine rings is 1. The van der Waals surface area contributed by atoms with Crippen molar-refractivity contribution in [2.45, 2.75) is 25.7 Å². The molecule has 0 atom stereocenters. The van der Waals surface area contributed by atoms with Gasteiger partial charge in [0.15, 0.2) is 0 Å². The van der Waals surface area contributed by atoms with Crippen molar-refractivity contribution in [3.63, 3.8) is 0 Å². The second-order valence-corrected chi connectivity index (χ2v) is 6.63. The third-order valence-corrected chi connectivity index (χ3v) is 5.06. The van der Waals surface area contributed by atoms with Gasteiger partial charge in [-0.25, -0.2) is 0 Å². The molecule has 0 unspecified atom stereocenters. The fraction of sp³-hybridized carbons (Fsp3) is 0.450. The van der Waals surface area contributed by atoms with E-state index >= 15 is 0 Å². The SMILES string of the molecule is COc1ccc(CCC2CCN(C(=O)c3cccn3C)CC2)cc1. The average Bonchev–Trinajstić information content (AvgIpc) is 3.06. The minimum atomic E-state index is 0.163. The van der Waals surface area contributed by atoms with Crippen LogP contribution in [0.25, 0.3) is 0 Å². The van der Waals surface area contributed by atoms with Crippen LogP contribution in [0.5, 0.6) is 5.75 Å². The van der Waals surface area contributed by atoms with Crippen LogP contribution in [0.1, 0.15) is 35.3 Å². The molecule has 0 saturated carbocycles. The van der Waals surface area contributed by atoms with Crippen LogP contribution in [-0.4, -0.2) is 35.6 Å². The normalized spacial score (nSPS) is 15.5. The van der Waals surface area contributed by atoms with Crippen molar-refractivity contribution >= 4 is 5.91 Å². The van der Waals surface area contributed by atoms with Crippen molar-refractivity contribution in [1.82, 2.24) is 9.47 Å². The zero-order valence-corrected chi connectivity index (χ0v) is 14.6. The highest BCUT2D eigenvalue weighted by atomic mass is 16.5. The molecule has 1 aromatic heterocycles. The molecule has 1 saturated heterocycles. The molecule has 2 heterocycles. The Morgan fingerprint density at radius 2 is 1.88 bits per heavy atom. The standard InChI is InChI=1S/C20H26N2O2/c1-21-13-3-4-19(21)20(23)22-14-11-17(12-15-22)6-5-16-7-9-18(24-2)10-8-16/h3-4,7-10,13,17H,5-6,11-12,14-15H2,1-2H3. The highest BCUT2D eigenvalue weighted by Crippen LogP contribution is 2.24. The van der Waals surface area contributed by atoms with Gasteiger partial charge >= 0.3 is 0 Å². The molecular weight excluding hydrogens is 300 g/mol. The lowest BCUT2D eigenvalue weighted by Crippen LogP contribution is -2.39. The number of likely N-dealkylation sites (tertiary alicyclic amines) is 1. The fourth-order valence-corrected chi connectivity index (χ4v) is 3.43. The van der Waals surface area contributed by atoms with Crippen molar-refractivity contribution in [3.05, 3.63) is 53.9 Å². The zero-order valence-electron chi connectivity index (χ0n) is 14.6. The predicted molar refractivity (Wildman–Crippen MR) is 95.4 cm³/mol. The van der Waals surface area contributed by atoms with E-state index in [1.54, 1.807) is 7.11 Å². The number of hydrogen-bond donors (Lipinski definition) is 0. The van der Waals surface area contributed by atoms with Crippen molar-refractivity contribution in [1.29, 1.82) is 0 Å². The Balaban J connectivity index is 1.46. The number of nitrogens with zero attached hydrogens (tertiary/aromatic N) is 2. The van der Waals surface area contributed by atoms with E-state index in [-0.39, 0.29) is 5.91 Å². The summed E-state index contributed by atoms with van der Waals surface area (Å²) in [5.74, 6) is 1.78. The maximum Gasteiger partial charge on any atom is 0.270 e. The Morgan fingerprint density at radius 1 is 1.17 bits per heavy atom. The van der Waals surface area contributed by atoms with Gasteiger partial charge in [0, 0.05) is 26.3 Å². The van der Waals surface area contributed by atoms with Crippen molar-refractivity contribution in [3.8, 4) is 5.75 Å². The Labute approximate surface area is 144 Å². The molecule has 1 amide bonds.